The molecule has 236 valence electrons. The average Bonchev–Trinajstić information content (AvgIpc) is 3.14. The molecule has 0 bridgehead atoms. The number of benzene rings is 6. The van der Waals surface area contributed by atoms with Crippen molar-refractivity contribution in [3.05, 3.63) is 182 Å². The Morgan fingerprint density at radius 1 is 0.435 bits per heavy atom. The molecule has 0 amide bonds. The molecule has 1 atom stereocenters. The zero-order valence-corrected chi connectivity index (χ0v) is 31.9. The van der Waals surface area contributed by atoms with Gasteiger partial charge >= 0.3 is 283 Å². The van der Waals surface area contributed by atoms with Gasteiger partial charge in [-0.05, 0) is 0 Å². The van der Waals surface area contributed by atoms with Gasteiger partial charge in [-0.1, -0.05) is 0 Å². The van der Waals surface area contributed by atoms with E-state index >= 15 is 0 Å². The molecule has 0 saturated carbocycles. The third-order valence-corrected chi connectivity index (χ3v) is 88.1. The van der Waals surface area contributed by atoms with E-state index in [1.165, 1.54) is 31.8 Å². The van der Waals surface area contributed by atoms with Crippen LogP contribution in [-0.2, 0) is 23.5 Å². The average molecular weight is 835 g/mol. The van der Waals surface area contributed by atoms with Crippen molar-refractivity contribution in [1.29, 1.82) is 0 Å². The van der Waals surface area contributed by atoms with Crippen LogP contribution in [0.2, 0.25) is 0 Å². The second-order valence-corrected chi connectivity index (χ2v) is 58.8. The zero-order chi connectivity index (χ0) is 31.9. The maximum atomic E-state index is 9.36. The van der Waals surface area contributed by atoms with Crippen LogP contribution >= 0.6 is 20.1 Å². The van der Waals surface area contributed by atoms with E-state index in [0.29, 0.717) is 6.61 Å². The molecule has 0 saturated heterocycles. The van der Waals surface area contributed by atoms with Gasteiger partial charge in [-0.3, -0.25) is 0 Å². The normalized spacial score (nSPS) is 15.3. The number of methoxy groups -OCH3 is 2. The molecule has 1 unspecified atom stereocenters. The van der Waals surface area contributed by atoms with Crippen LogP contribution in [0.4, 0.5) is 0 Å². The summed E-state index contributed by atoms with van der Waals surface area (Å²) in [5.74, 6) is 0. The third-order valence-electron chi connectivity index (χ3n) is 8.90. The summed E-state index contributed by atoms with van der Waals surface area (Å²) in [4.78, 5) is 0. The van der Waals surface area contributed by atoms with Crippen molar-refractivity contribution in [2.75, 3.05) is 20.8 Å². The van der Waals surface area contributed by atoms with Crippen molar-refractivity contribution >= 4 is 52.0 Å². The van der Waals surface area contributed by atoms with E-state index in [2.05, 4.69) is 182 Å². The van der Waals surface area contributed by atoms with Crippen LogP contribution in [0, 0.1) is 0 Å². The Hall–Kier alpha value is -2.92. The molecular formula is C40H41ClO2P2W. The van der Waals surface area contributed by atoms with Crippen LogP contribution in [0.5, 0.6) is 0 Å². The molecule has 0 aromatic heterocycles. The number of halogens is 1. The second kappa shape index (κ2) is 14.9. The number of rotatable bonds is 12. The van der Waals surface area contributed by atoms with E-state index in [4.69, 9.17) is 9.47 Å². The quantitative estimate of drug-likeness (QED) is 0.122. The molecule has 2 nitrogen and oxygen atoms in total. The van der Waals surface area contributed by atoms with Crippen LogP contribution in [0.1, 0.15) is 0 Å². The van der Waals surface area contributed by atoms with E-state index in [-0.39, 0.29) is 4.49 Å². The van der Waals surface area contributed by atoms with E-state index in [0.717, 1.165) is 0 Å². The van der Waals surface area contributed by atoms with Gasteiger partial charge in [0.05, 0.1) is 0 Å². The molecule has 6 heteroatoms. The molecule has 6 aromatic rings. The van der Waals surface area contributed by atoms with Gasteiger partial charge in [-0.25, -0.2) is 0 Å². The Labute approximate surface area is 281 Å². The zero-order valence-electron chi connectivity index (χ0n) is 26.2. The summed E-state index contributed by atoms with van der Waals surface area (Å²) < 4.78 is 12.6. The third kappa shape index (κ3) is 5.45. The first kappa shape index (κ1) is 33.0. The SMILES string of the molecule is COC[CH](OC)[W]([Cl])([PH](c1ccccc1)(c1ccccc1)c1ccccc1)[PH](c1ccccc1)(c1ccccc1)c1ccccc1. The topological polar surface area (TPSA) is 18.5 Å². The van der Waals surface area contributed by atoms with Gasteiger partial charge in [-0.15, -0.1) is 0 Å². The Balaban J connectivity index is 1.96. The fourth-order valence-corrected chi connectivity index (χ4v) is 108. The Morgan fingerprint density at radius 3 is 0.826 bits per heavy atom. The molecule has 0 aliphatic carbocycles. The molecule has 0 N–H and O–H groups in total. The van der Waals surface area contributed by atoms with E-state index < -0.39 is 24.7 Å². The first-order chi connectivity index (χ1) is 22.7. The first-order valence-electron chi connectivity index (χ1n) is 15.5. The fourth-order valence-electron chi connectivity index (χ4n) is 7.12. The van der Waals surface area contributed by atoms with E-state index in [1.54, 1.807) is 7.11 Å². The molecule has 0 aliphatic rings. The van der Waals surface area contributed by atoms with Gasteiger partial charge < -0.3 is 0 Å². The second-order valence-electron chi connectivity index (χ2n) is 11.3. The van der Waals surface area contributed by atoms with Gasteiger partial charge in [0.2, 0.25) is 0 Å². The van der Waals surface area contributed by atoms with Crippen molar-refractivity contribution in [3.8, 4) is 0 Å². The van der Waals surface area contributed by atoms with Crippen molar-refractivity contribution in [1.82, 2.24) is 0 Å². The van der Waals surface area contributed by atoms with Gasteiger partial charge in [0.25, 0.3) is 0 Å². The fraction of sp³-hybridized carbons (Fsp3) is 0.100. The van der Waals surface area contributed by atoms with Crippen LogP contribution in [0.15, 0.2) is 182 Å². The molecule has 0 aliphatic heterocycles. The van der Waals surface area contributed by atoms with Gasteiger partial charge in [0.15, 0.2) is 0 Å². The van der Waals surface area contributed by atoms with Crippen LogP contribution in [-0.4, -0.2) is 25.3 Å². The predicted molar refractivity (Wildman–Crippen MR) is 202 cm³/mol. The molecule has 0 heterocycles. The molecule has 6 aromatic carbocycles. The molecule has 0 radical (unpaired) electrons. The van der Waals surface area contributed by atoms with E-state index in [9.17, 15) is 9.42 Å². The summed E-state index contributed by atoms with van der Waals surface area (Å²) in [6.07, 6.45) is 0. The van der Waals surface area contributed by atoms with Crippen LogP contribution in [0.3, 0.4) is 0 Å². The van der Waals surface area contributed by atoms with Gasteiger partial charge in [-0.2, -0.15) is 0 Å². The van der Waals surface area contributed by atoms with Crippen molar-refractivity contribution in [2.24, 2.45) is 0 Å². The summed E-state index contributed by atoms with van der Waals surface area (Å²) in [5.41, 5.74) is 0. The predicted octanol–water partition coefficient (Wildman–Crippen LogP) is 7.20. The number of hydrogen-bond acceptors (Lipinski definition) is 2. The standard InChI is InChI=1S/2C18H15P.C4H9O2.ClH.W/c2*1-4-10-16(11-5-1)19(17-12-6-2-7-13-17)18-14-8-3-9-15-18;1-5-3-4-6-2;;/h2*1-15H;3H,4H2,1-2H3;1H;/q;;;;-1/p+1. The Kier molecular flexibility index (Phi) is 10.7. The van der Waals surface area contributed by atoms with Gasteiger partial charge in [0.1, 0.15) is 0 Å². The number of hydrogen-bond donors (Lipinski definition) is 0. The number of ether oxygens (including phenoxy) is 2. The van der Waals surface area contributed by atoms with Gasteiger partial charge in [0, 0.05) is 0 Å². The summed E-state index contributed by atoms with van der Waals surface area (Å²) in [7, 11) is 13.0. The van der Waals surface area contributed by atoms with Crippen LogP contribution in [0.25, 0.3) is 0 Å². The summed E-state index contributed by atoms with van der Waals surface area (Å²) in [5, 5.41) is 1.59. The van der Waals surface area contributed by atoms with E-state index in [1.807, 2.05) is 7.11 Å². The van der Waals surface area contributed by atoms with Crippen molar-refractivity contribution < 1.29 is 23.5 Å². The summed E-state index contributed by atoms with van der Waals surface area (Å²) in [6.45, 7) is 0.415. The summed E-state index contributed by atoms with van der Waals surface area (Å²) in [6, 6.07) is 66.9. The molecular weight excluding hydrogens is 794 g/mol. The minimum absolute atomic E-state index is 0.293. The Bertz CT molecular complexity index is 1480. The molecule has 0 fully saturated rings. The van der Waals surface area contributed by atoms with Crippen LogP contribution < -0.4 is 31.8 Å². The molecule has 6 rings (SSSR count). The molecule has 0 spiro atoms. The van der Waals surface area contributed by atoms with Crippen molar-refractivity contribution in [3.63, 3.8) is 0 Å². The molecule has 46 heavy (non-hydrogen) atoms. The summed E-state index contributed by atoms with van der Waals surface area (Å²) >= 11 is -4.74. The first-order valence-corrected chi connectivity index (χ1v) is 33.5. The monoisotopic (exact) mass is 834 g/mol. The maximum absolute atomic E-state index is 9.36. The van der Waals surface area contributed by atoms with Crippen molar-refractivity contribution in [2.45, 2.75) is 4.49 Å². The minimum atomic E-state index is -4.74. The Morgan fingerprint density at radius 2 is 0.652 bits per heavy atom.